The van der Waals surface area contributed by atoms with Crippen LogP contribution in [0.25, 0.3) is 0 Å². The molecule has 1 fully saturated rings. The second-order valence-electron chi connectivity index (χ2n) is 5.33. The summed E-state index contributed by atoms with van der Waals surface area (Å²) in [7, 11) is -0.701. The largest absolute Gasteiger partial charge is 0.309 e. The van der Waals surface area contributed by atoms with Crippen LogP contribution in [-0.2, 0) is 10.8 Å². The Balaban J connectivity index is 1.98. The Morgan fingerprint density at radius 2 is 1.89 bits per heavy atom. The summed E-state index contributed by atoms with van der Waals surface area (Å²) in [5.41, 5.74) is 1.26. The fourth-order valence-corrected chi connectivity index (χ4v) is 4.60. The molecule has 1 aliphatic rings. The molecule has 0 saturated heterocycles. The van der Waals surface area contributed by atoms with Crippen molar-refractivity contribution in [1.82, 2.24) is 5.32 Å². The molecule has 1 saturated carbocycles. The van der Waals surface area contributed by atoms with Crippen molar-refractivity contribution in [2.75, 3.05) is 12.3 Å². The zero-order valence-corrected chi connectivity index (χ0v) is 12.6. The van der Waals surface area contributed by atoms with Gasteiger partial charge in [0.15, 0.2) is 0 Å². The lowest BCUT2D eigenvalue weighted by Crippen LogP contribution is -2.30. The van der Waals surface area contributed by atoms with E-state index in [0.29, 0.717) is 5.25 Å². The van der Waals surface area contributed by atoms with E-state index in [1.807, 2.05) is 6.07 Å². The van der Waals surface area contributed by atoms with E-state index >= 15 is 0 Å². The molecule has 0 spiro atoms. The van der Waals surface area contributed by atoms with Crippen LogP contribution < -0.4 is 5.32 Å². The van der Waals surface area contributed by atoms with E-state index in [9.17, 15) is 4.21 Å². The van der Waals surface area contributed by atoms with E-state index in [1.165, 1.54) is 24.8 Å². The monoisotopic (exact) mass is 279 g/mol. The third kappa shape index (κ3) is 4.43. The zero-order chi connectivity index (χ0) is 13.5. The highest BCUT2D eigenvalue weighted by molar-refractivity contribution is 7.85. The highest BCUT2D eigenvalue weighted by Gasteiger charge is 2.23. The third-order valence-corrected chi connectivity index (χ3v) is 5.78. The van der Waals surface area contributed by atoms with E-state index in [-0.39, 0.29) is 6.04 Å². The molecule has 0 bridgehead atoms. The number of hydrogen-bond donors (Lipinski definition) is 1. The molecule has 19 heavy (non-hydrogen) atoms. The Kier molecular flexibility index (Phi) is 6.05. The summed E-state index contributed by atoms with van der Waals surface area (Å²) < 4.78 is 12.5. The minimum atomic E-state index is -0.701. The first-order chi connectivity index (χ1) is 9.31. The fraction of sp³-hybridized carbons (Fsp3) is 0.625. The lowest BCUT2D eigenvalue weighted by atomic mass is 10.0. The summed E-state index contributed by atoms with van der Waals surface area (Å²) in [5, 5.41) is 3.91. The van der Waals surface area contributed by atoms with Crippen LogP contribution >= 0.6 is 0 Å². The lowest BCUT2D eigenvalue weighted by Gasteiger charge is -2.24. The molecule has 3 heteroatoms. The van der Waals surface area contributed by atoms with Crippen molar-refractivity contribution in [3.63, 3.8) is 0 Å². The second-order valence-corrected chi connectivity index (χ2v) is 7.09. The van der Waals surface area contributed by atoms with Gasteiger partial charge in [0.1, 0.15) is 0 Å². The van der Waals surface area contributed by atoms with E-state index in [0.717, 1.165) is 25.1 Å². The van der Waals surface area contributed by atoms with Gasteiger partial charge in [-0.25, -0.2) is 0 Å². The lowest BCUT2D eigenvalue weighted by molar-refractivity contribution is 0.501. The van der Waals surface area contributed by atoms with Gasteiger partial charge in [-0.2, -0.15) is 0 Å². The van der Waals surface area contributed by atoms with Gasteiger partial charge >= 0.3 is 0 Å². The minimum absolute atomic E-state index is 0.231. The van der Waals surface area contributed by atoms with Crippen molar-refractivity contribution in [2.45, 2.75) is 50.3 Å². The van der Waals surface area contributed by atoms with Gasteiger partial charge in [0.25, 0.3) is 0 Å². The Labute approximate surface area is 119 Å². The van der Waals surface area contributed by atoms with Crippen molar-refractivity contribution in [1.29, 1.82) is 0 Å². The Morgan fingerprint density at radius 3 is 2.53 bits per heavy atom. The molecule has 0 amide bonds. The molecule has 2 nitrogen and oxygen atoms in total. The summed E-state index contributed by atoms with van der Waals surface area (Å²) in [6.07, 6.45) is 6.14. The quantitative estimate of drug-likeness (QED) is 0.864. The average molecular weight is 279 g/mol. The number of hydrogen-bond acceptors (Lipinski definition) is 2. The molecule has 2 atom stereocenters. The number of benzene rings is 1. The molecule has 0 radical (unpaired) electrons. The van der Waals surface area contributed by atoms with Crippen LogP contribution in [-0.4, -0.2) is 21.8 Å². The van der Waals surface area contributed by atoms with Crippen LogP contribution in [0.1, 0.15) is 50.6 Å². The molecule has 2 unspecified atom stereocenters. The van der Waals surface area contributed by atoms with Gasteiger partial charge in [-0.3, -0.25) is 4.21 Å². The van der Waals surface area contributed by atoms with Gasteiger partial charge < -0.3 is 5.32 Å². The molecule has 0 aromatic heterocycles. The van der Waals surface area contributed by atoms with E-state index in [1.54, 1.807) is 0 Å². The first-order valence-corrected chi connectivity index (χ1v) is 8.85. The third-order valence-electron chi connectivity index (χ3n) is 3.91. The maximum Gasteiger partial charge on any atom is 0.0436 e. The number of rotatable bonds is 6. The average Bonchev–Trinajstić information content (AvgIpc) is 2.48. The molecule has 2 rings (SSSR count). The highest BCUT2D eigenvalue weighted by atomic mass is 32.2. The Bertz CT molecular complexity index is 387. The molecule has 1 aromatic rings. The van der Waals surface area contributed by atoms with Gasteiger partial charge in [0.05, 0.1) is 0 Å². The first kappa shape index (κ1) is 14.7. The summed E-state index contributed by atoms with van der Waals surface area (Å²) in [4.78, 5) is 0. The Morgan fingerprint density at radius 1 is 1.21 bits per heavy atom. The topological polar surface area (TPSA) is 29.1 Å². The molecule has 0 aliphatic heterocycles. The fourth-order valence-electron chi connectivity index (χ4n) is 2.83. The number of nitrogens with one attached hydrogen (secondary N) is 1. The van der Waals surface area contributed by atoms with Gasteiger partial charge in [0, 0.05) is 27.8 Å². The minimum Gasteiger partial charge on any atom is -0.309 e. The molecular formula is C16H25NOS. The molecule has 0 heterocycles. The summed E-state index contributed by atoms with van der Waals surface area (Å²) in [5.74, 6) is 0.753. The molecule has 1 N–H and O–H groups in total. The predicted octanol–water partition coefficient (Wildman–Crippen LogP) is 3.42. The van der Waals surface area contributed by atoms with Crippen molar-refractivity contribution in [2.24, 2.45) is 0 Å². The van der Waals surface area contributed by atoms with Crippen LogP contribution in [0.2, 0.25) is 0 Å². The van der Waals surface area contributed by atoms with Crippen LogP contribution in [0.15, 0.2) is 30.3 Å². The van der Waals surface area contributed by atoms with Crippen molar-refractivity contribution >= 4 is 10.8 Å². The van der Waals surface area contributed by atoms with E-state index < -0.39 is 10.8 Å². The van der Waals surface area contributed by atoms with Crippen LogP contribution in [0, 0.1) is 0 Å². The molecule has 106 valence electrons. The second kappa shape index (κ2) is 7.81. The van der Waals surface area contributed by atoms with Crippen LogP contribution in [0.5, 0.6) is 0 Å². The maximum absolute atomic E-state index is 12.5. The smallest absolute Gasteiger partial charge is 0.0436 e. The van der Waals surface area contributed by atoms with Gasteiger partial charge in [-0.1, -0.05) is 56.5 Å². The molecule has 1 aromatic carbocycles. The van der Waals surface area contributed by atoms with E-state index in [4.69, 9.17) is 0 Å². The summed E-state index contributed by atoms with van der Waals surface area (Å²) in [6, 6.07) is 10.6. The van der Waals surface area contributed by atoms with Crippen molar-refractivity contribution in [3.8, 4) is 0 Å². The molecular weight excluding hydrogens is 254 g/mol. The van der Waals surface area contributed by atoms with Crippen molar-refractivity contribution < 1.29 is 4.21 Å². The molecule has 1 aliphatic carbocycles. The maximum atomic E-state index is 12.5. The van der Waals surface area contributed by atoms with E-state index in [2.05, 4.69) is 36.5 Å². The Hall–Kier alpha value is -0.670. The van der Waals surface area contributed by atoms with Crippen LogP contribution in [0.4, 0.5) is 0 Å². The van der Waals surface area contributed by atoms with Gasteiger partial charge in [-0.15, -0.1) is 0 Å². The first-order valence-electron chi connectivity index (χ1n) is 7.46. The van der Waals surface area contributed by atoms with Crippen molar-refractivity contribution in [3.05, 3.63) is 35.9 Å². The normalized spacial score (nSPS) is 20.1. The summed E-state index contributed by atoms with van der Waals surface area (Å²) in [6.45, 7) is 3.03. The van der Waals surface area contributed by atoms with Gasteiger partial charge in [-0.05, 0) is 24.9 Å². The zero-order valence-electron chi connectivity index (χ0n) is 11.8. The predicted molar refractivity (Wildman–Crippen MR) is 82.7 cm³/mol. The SMILES string of the molecule is CCNC(CS(=O)C1CCCCC1)c1ccccc1. The summed E-state index contributed by atoms with van der Waals surface area (Å²) >= 11 is 0. The van der Waals surface area contributed by atoms with Crippen LogP contribution in [0.3, 0.4) is 0 Å². The highest BCUT2D eigenvalue weighted by Crippen LogP contribution is 2.24. The van der Waals surface area contributed by atoms with Gasteiger partial charge in [0.2, 0.25) is 0 Å². The standard InChI is InChI=1S/C16H25NOS/c1-2-17-16(14-9-5-3-6-10-14)13-19(18)15-11-7-4-8-12-15/h3,5-6,9-10,15-17H,2,4,7-8,11-13H2,1H3.